The monoisotopic (exact) mass is 196 g/mol. The van der Waals surface area contributed by atoms with Crippen LogP contribution in [0.4, 0.5) is 4.39 Å². The Labute approximate surface area is 82.3 Å². The fraction of sp³-hybridized carbons (Fsp3) is 0.500. The Hall–Kier alpha value is -1.00. The topological polar surface area (TPSA) is 34.1 Å². The van der Waals surface area contributed by atoms with E-state index in [-0.39, 0.29) is 11.4 Å². The molecule has 4 heteroatoms. The molecule has 1 fully saturated rings. The van der Waals surface area contributed by atoms with E-state index in [4.69, 9.17) is 4.74 Å². The molecule has 14 heavy (non-hydrogen) atoms. The first-order valence-electron chi connectivity index (χ1n) is 4.60. The fourth-order valence-corrected chi connectivity index (χ4v) is 1.59. The predicted molar refractivity (Wildman–Crippen MR) is 50.5 cm³/mol. The van der Waals surface area contributed by atoms with Gasteiger partial charge in [0.1, 0.15) is 5.82 Å². The summed E-state index contributed by atoms with van der Waals surface area (Å²) in [7, 11) is 1.70. The smallest absolute Gasteiger partial charge is 0.141 e. The molecule has 0 radical (unpaired) electrons. The second-order valence-corrected chi connectivity index (χ2v) is 3.64. The maximum Gasteiger partial charge on any atom is 0.141 e. The zero-order chi connectivity index (χ0) is 10.0. The third kappa shape index (κ3) is 1.76. The van der Waals surface area contributed by atoms with Gasteiger partial charge in [-0.15, -0.1) is 0 Å². The lowest BCUT2D eigenvalue weighted by Gasteiger charge is -2.41. The number of pyridine rings is 1. The first-order chi connectivity index (χ1) is 6.74. The van der Waals surface area contributed by atoms with Crippen LogP contribution in [-0.2, 0) is 11.2 Å². The van der Waals surface area contributed by atoms with E-state index in [1.165, 1.54) is 12.3 Å². The molecule has 0 amide bonds. The van der Waals surface area contributed by atoms with E-state index in [1.54, 1.807) is 13.2 Å². The van der Waals surface area contributed by atoms with Crippen molar-refractivity contribution in [3.63, 3.8) is 0 Å². The highest BCUT2D eigenvalue weighted by molar-refractivity contribution is 5.11. The van der Waals surface area contributed by atoms with E-state index >= 15 is 0 Å². The molecule has 2 rings (SSSR count). The summed E-state index contributed by atoms with van der Waals surface area (Å²) in [5, 5.41) is 3.16. The Bertz CT molecular complexity index is 303. The molecule has 76 valence electrons. The first-order valence-corrected chi connectivity index (χ1v) is 4.60. The maximum absolute atomic E-state index is 12.6. The molecule has 0 aliphatic carbocycles. The molecule has 0 spiro atoms. The third-order valence-electron chi connectivity index (χ3n) is 2.62. The van der Waals surface area contributed by atoms with Crippen LogP contribution < -0.4 is 5.32 Å². The Morgan fingerprint density at radius 3 is 2.79 bits per heavy atom. The summed E-state index contributed by atoms with van der Waals surface area (Å²) in [6.07, 6.45) is 1.97. The minimum atomic E-state index is -0.299. The molecule has 0 saturated carbocycles. The summed E-state index contributed by atoms with van der Waals surface area (Å²) in [6.45, 7) is 1.67. The molecule has 1 N–H and O–H groups in total. The van der Waals surface area contributed by atoms with Crippen LogP contribution in [0.25, 0.3) is 0 Å². The third-order valence-corrected chi connectivity index (χ3v) is 2.62. The first kappa shape index (κ1) is 9.55. The molecule has 1 aliphatic heterocycles. The summed E-state index contributed by atoms with van der Waals surface area (Å²) in [6, 6.07) is 3.13. The molecule has 0 aromatic carbocycles. The molecule has 0 bridgehead atoms. The van der Waals surface area contributed by atoms with Gasteiger partial charge in [-0.25, -0.2) is 4.39 Å². The average molecular weight is 196 g/mol. The van der Waals surface area contributed by atoms with Crippen molar-refractivity contribution in [1.82, 2.24) is 10.3 Å². The SMILES string of the molecule is COC1(Cc2ccc(F)cn2)CNC1. The van der Waals surface area contributed by atoms with Crippen molar-refractivity contribution in [3.8, 4) is 0 Å². The van der Waals surface area contributed by atoms with E-state index in [2.05, 4.69) is 10.3 Å². The number of rotatable bonds is 3. The molecule has 1 aromatic rings. The molecule has 3 nitrogen and oxygen atoms in total. The Morgan fingerprint density at radius 1 is 1.57 bits per heavy atom. The number of halogens is 1. The van der Waals surface area contributed by atoms with Crippen LogP contribution in [0.2, 0.25) is 0 Å². The highest BCUT2D eigenvalue weighted by Crippen LogP contribution is 2.20. The fourth-order valence-electron chi connectivity index (χ4n) is 1.59. The van der Waals surface area contributed by atoms with Crippen molar-refractivity contribution < 1.29 is 9.13 Å². The lowest BCUT2D eigenvalue weighted by atomic mass is 9.91. The van der Waals surface area contributed by atoms with Gasteiger partial charge in [-0.1, -0.05) is 0 Å². The van der Waals surface area contributed by atoms with Gasteiger partial charge in [-0.05, 0) is 12.1 Å². The molecule has 0 unspecified atom stereocenters. The molecule has 1 saturated heterocycles. The summed E-state index contributed by atoms with van der Waals surface area (Å²) in [5.74, 6) is -0.299. The van der Waals surface area contributed by atoms with E-state index in [1.807, 2.05) is 0 Å². The minimum Gasteiger partial charge on any atom is -0.375 e. The van der Waals surface area contributed by atoms with Gasteiger partial charge in [0.25, 0.3) is 0 Å². The van der Waals surface area contributed by atoms with Crippen LogP contribution in [0.1, 0.15) is 5.69 Å². The number of hydrogen-bond acceptors (Lipinski definition) is 3. The Kier molecular flexibility index (Phi) is 2.48. The molecular formula is C10H13FN2O. The Morgan fingerprint density at radius 2 is 2.36 bits per heavy atom. The van der Waals surface area contributed by atoms with E-state index < -0.39 is 0 Å². The maximum atomic E-state index is 12.6. The number of aromatic nitrogens is 1. The van der Waals surface area contributed by atoms with Crippen molar-refractivity contribution >= 4 is 0 Å². The van der Waals surface area contributed by atoms with Crippen LogP contribution in [-0.4, -0.2) is 30.8 Å². The van der Waals surface area contributed by atoms with E-state index in [0.29, 0.717) is 0 Å². The second-order valence-electron chi connectivity index (χ2n) is 3.64. The van der Waals surface area contributed by atoms with Gasteiger partial charge in [-0.3, -0.25) is 4.98 Å². The van der Waals surface area contributed by atoms with Gasteiger partial charge >= 0.3 is 0 Å². The van der Waals surface area contributed by atoms with Crippen molar-refractivity contribution in [2.24, 2.45) is 0 Å². The lowest BCUT2D eigenvalue weighted by molar-refractivity contribution is -0.0508. The van der Waals surface area contributed by atoms with Gasteiger partial charge in [-0.2, -0.15) is 0 Å². The molecule has 1 aliphatic rings. The van der Waals surface area contributed by atoms with Crippen LogP contribution in [0.15, 0.2) is 18.3 Å². The molecular weight excluding hydrogens is 183 g/mol. The zero-order valence-corrected chi connectivity index (χ0v) is 8.09. The standard InChI is InChI=1S/C10H13FN2O/c1-14-10(6-12-7-10)4-9-3-2-8(11)5-13-9/h2-3,5,12H,4,6-7H2,1H3. The average Bonchev–Trinajstić information content (AvgIpc) is 2.15. The predicted octanol–water partition coefficient (Wildman–Crippen LogP) is 0.752. The van der Waals surface area contributed by atoms with Crippen molar-refractivity contribution in [2.45, 2.75) is 12.0 Å². The molecule has 1 aromatic heterocycles. The second kappa shape index (κ2) is 3.63. The van der Waals surface area contributed by atoms with Gasteiger partial charge in [0.05, 0.1) is 11.8 Å². The molecule has 2 heterocycles. The number of methoxy groups -OCH3 is 1. The number of nitrogens with one attached hydrogen (secondary N) is 1. The van der Waals surface area contributed by atoms with Gasteiger partial charge in [0.15, 0.2) is 0 Å². The minimum absolute atomic E-state index is 0.134. The number of ether oxygens (including phenoxy) is 1. The number of nitrogens with zero attached hydrogens (tertiary/aromatic N) is 1. The molecule has 0 atom stereocenters. The van der Waals surface area contributed by atoms with Crippen LogP contribution in [0, 0.1) is 5.82 Å². The van der Waals surface area contributed by atoms with Gasteiger partial charge in [0.2, 0.25) is 0 Å². The largest absolute Gasteiger partial charge is 0.375 e. The lowest BCUT2D eigenvalue weighted by Crippen LogP contribution is -2.62. The Balaban J connectivity index is 2.06. The summed E-state index contributed by atoms with van der Waals surface area (Å²) in [4.78, 5) is 4.01. The van der Waals surface area contributed by atoms with Crippen molar-refractivity contribution in [2.75, 3.05) is 20.2 Å². The summed E-state index contributed by atoms with van der Waals surface area (Å²) in [5.41, 5.74) is 0.736. The highest BCUT2D eigenvalue weighted by Gasteiger charge is 2.37. The number of hydrogen-bond donors (Lipinski definition) is 1. The van der Waals surface area contributed by atoms with Crippen molar-refractivity contribution in [1.29, 1.82) is 0 Å². The quantitative estimate of drug-likeness (QED) is 0.774. The highest BCUT2D eigenvalue weighted by atomic mass is 19.1. The van der Waals surface area contributed by atoms with Crippen molar-refractivity contribution in [3.05, 3.63) is 29.8 Å². The van der Waals surface area contributed by atoms with Gasteiger partial charge in [0, 0.05) is 32.3 Å². The van der Waals surface area contributed by atoms with E-state index in [0.717, 1.165) is 25.2 Å². The van der Waals surface area contributed by atoms with Crippen LogP contribution in [0.5, 0.6) is 0 Å². The van der Waals surface area contributed by atoms with Crippen LogP contribution in [0.3, 0.4) is 0 Å². The van der Waals surface area contributed by atoms with Gasteiger partial charge < -0.3 is 10.1 Å². The van der Waals surface area contributed by atoms with E-state index in [9.17, 15) is 4.39 Å². The zero-order valence-electron chi connectivity index (χ0n) is 8.09. The summed E-state index contributed by atoms with van der Waals surface area (Å²) < 4.78 is 18.0. The van der Waals surface area contributed by atoms with Crippen LogP contribution >= 0.6 is 0 Å². The normalized spacial score (nSPS) is 19.0. The summed E-state index contributed by atoms with van der Waals surface area (Å²) >= 11 is 0.